The monoisotopic (exact) mass is 298 g/mol. The first kappa shape index (κ1) is 13.9. The highest BCUT2D eigenvalue weighted by Crippen LogP contribution is 2.18. The van der Waals surface area contributed by atoms with Crippen LogP contribution in [0, 0.1) is 0 Å². The summed E-state index contributed by atoms with van der Waals surface area (Å²) < 4.78 is 36.0. The molecule has 0 amide bonds. The van der Waals surface area contributed by atoms with E-state index in [1.165, 1.54) is 24.3 Å². The minimum atomic E-state index is -4.17. The van der Waals surface area contributed by atoms with E-state index in [2.05, 4.69) is 0 Å². The van der Waals surface area contributed by atoms with Crippen LogP contribution in [0.3, 0.4) is 0 Å². The lowest BCUT2D eigenvalue weighted by molar-refractivity contribution is 0.306. The van der Waals surface area contributed by atoms with Crippen LogP contribution < -0.4 is 4.74 Å². The first-order valence-electron chi connectivity index (χ1n) is 5.40. The average Bonchev–Trinajstić information content (AvgIpc) is 2.36. The van der Waals surface area contributed by atoms with Gasteiger partial charge in [-0.25, -0.2) is 0 Å². The quantitative estimate of drug-likeness (QED) is 0.881. The van der Waals surface area contributed by atoms with Gasteiger partial charge in [-0.15, -0.1) is 0 Å². The molecule has 0 aromatic heterocycles. The molecule has 0 aliphatic rings. The lowest BCUT2D eigenvalue weighted by atomic mass is 10.2. The van der Waals surface area contributed by atoms with E-state index in [0.717, 1.165) is 5.56 Å². The minimum absolute atomic E-state index is 0.164. The van der Waals surface area contributed by atoms with Crippen molar-refractivity contribution in [2.75, 3.05) is 0 Å². The average molecular weight is 299 g/mol. The van der Waals surface area contributed by atoms with Crippen LogP contribution in [-0.4, -0.2) is 13.0 Å². The molecule has 2 aromatic rings. The number of rotatable bonds is 4. The van der Waals surface area contributed by atoms with Crippen molar-refractivity contribution in [3.63, 3.8) is 0 Å². The number of ether oxygens (including phenoxy) is 1. The molecule has 1 N–H and O–H groups in total. The molecule has 0 aliphatic carbocycles. The SMILES string of the molecule is O=S(=O)(O)c1ccc(OCc2cccc(Cl)c2)cc1. The summed E-state index contributed by atoms with van der Waals surface area (Å²) in [5.74, 6) is 0.507. The van der Waals surface area contributed by atoms with Gasteiger partial charge >= 0.3 is 0 Å². The van der Waals surface area contributed by atoms with Crippen molar-refractivity contribution in [3.8, 4) is 5.75 Å². The van der Waals surface area contributed by atoms with Gasteiger partial charge in [0.2, 0.25) is 0 Å². The highest BCUT2D eigenvalue weighted by Gasteiger charge is 2.08. The second-order valence-corrected chi connectivity index (χ2v) is 5.72. The molecule has 0 spiro atoms. The van der Waals surface area contributed by atoms with E-state index >= 15 is 0 Å². The summed E-state index contributed by atoms with van der Waals surface area (Å²) in [5.41, 5.74) is 0.909. The molecule has 0 saturated heterocycles. The van der Waals surface area contributed by atoms with E-state index in [9.17, 15) is 8.42 Å². The van der Waals surface area contributed by atoms with Gasteiger partial charge in [-0.3, -0.25) is 4.55 Å². The van der Waals surface area contributed by atoms with Crippen LogP contribution in [0.25, 0.3) is 0 Å². The van der Waals surface area contributed by atoms with Gasteiger partial charge in [-0.2, -0.15) is 8.42 Å². The van der Waals surface area contributed by atoms with Crippen molar-refractivity contribution in [3.05, 3.63) is 59.1 Å². The Morgan fingerprint density at radius 3 is 2.37 bits per heavy atom. The van der Waals surface area contributed by atoms with E-state index < -0.39 is 10.1 Å². The fourth-order valence-corrected chi connectivity index (χ4v) is 2.19. The molecule has 0 saturated carbocycles. The second-order valence-electron chi connectivity index (χ2n) is 3.87. The van der Waals surface area contributed by atoms with Crippen LogP contribution in [0.5, 0.6) is 5.75 Å². The Hall–Kier alpha value is -1.56. The van der Waals surface area contributed by atoms with Gasteiger partial charge in [0, 0.05) is 5.02 Å². The topological polar surface area (TPSA) is 63.6 Å². The zero-order chi connectivity index (χ0) is 13.9. The number of hydrogen-bond acceptors (Lipinski definition) is 3. The van der Waals surface area contributed by atoms with E-state index in [1.807, 2.05) is 12.1 Å². The molecular weight excluding hydrogens is 288 g/mol. The van der Waals surface area contributed by atoms with Gasteiger partial charge in [-0.05, 0) is 42.0 Å². The molecule has 0 radical (unpaired) electrons. The Balaban J connectivity index is 2.05. The van der Waals surface area contributed by atoms with E-state index in [-0.39, 0.29) is 4.90 Å². The van der Waals surface area contributed by atoms with Crippen LogP contribution in [0.2, 0.25) is 5.02 Å². The molecule has 19 heavy (non-hydrogen) atoms. The summed E-state index contributed by atoms with van der Waals surface area (Å²) in [6.45, 7) is 0.325. The zero-order valence-electron chi connectivity index (χ0n) is 9.78. The van der Waals surface area contributed by atoms with Crippen LogP contribution in [0.4, 0.5) is 0 Å². The first-order chi connectivity index (χ1) is 8.95. The summed E-state index contributed by atoms with van der Waals surface area (Å²) in [5, 5.41) is 0.628. The van der Waals surface area contributed by atoms with Crippen molar-refractivity contribution >= 4 is 21.7 Å². The van der Waals surface area contributed by atoms with Gasteiger partial charge in [0.05, 0.1) is 4.90 Å². The standard InChI is InChI=1S/C13H11ClO4S/c14-11-3-1-2-10(8-11)9-18-12-4-6-13(7-5-12)19(15,16)17/h1-8H,9H2,(H,15,16,17). The Kier molecular flexibility index (Phi) is 4.09. The highest BCUT2D eigenvalue weighted by molar-refractivity contribution is 7.85. The number of benzene rings is 2. The summed E-state index contributed by atoms with van der Waals surface area (Å²) in [6, 6.07) is 12.8. The van der Waals surface area contributed by atoms with Gasteiger partial charge in [0.15, 0.2) is 0 Å². The summed E-state index contributed by atoms with van der Waals surface area (Å²) in [7, 11) is -4.17. The van der Waals surface area contributed by atoms with Crippen molar-refractivity contribution < 1.29 is 17.7 Å². The molecular formula is C13H11ClO4S. The summed E-state index contributed by atoms with van der Waals surface area (Å²) >= 11 is 5.85. The largest absolute Gasteiger partial charge is 0.489 e. The molecule has 2 aromatic carbocycles. The molecule has 0 bridgehead atoms. The molecule has 0 unspecified atom stereocenters. The van der Waals surface area contributed by atoms with Crippen LogP contribution >= 0.6 is 11.6 Å². The Bertz CT molecular complexity index is 665. The maximum absolute atomic E-state index is 10.9. The summed E-state index contributed by atoms with van der Waals surface area (Å²) in [4.78, 5) is -0.164. The smallest absolute Gasteiger partial charge is 0.294 e. The Morgan fingerprint density at radius 1 is 1.11 bits per heavy atom. The second kappa shape index (κ2) is 5.61. The Morgan fingerprint density at radius 2 is 1.79 bits per heavy atom. The van der Waals surface area contributed by atoms with Gasteiger partial charge < -0.3 is 4.74 Å². The van der Waals surface area contributed by atoms with Crippen molar-refractivity contribution in [2.45, 2.75) is 11.5 Å². The summed E-state index contributed by atoms with van der Waals surface area (Å²) in [6.07, 6.45) is 0. The predicted octanol–water partition coefficient (Wildman–Crippen LogP) is 3.17. The van der Waals surface area contributed by atoms with Crippen molar-refractivity contribution in [1.29, 1.82) is 0 Å². The van der Waals surface area contributed by atoms with Crippen molar-refractivity contribution in [1.82, 2.24) is 0 Å². The van der Waals surface area contributed by atoms with Crippen molar-refractivity contribution in [2.24, 2.45) is 0 Å². The van der Waals surface area contributed by atoms with Crippen LogP contribution in [0.15, 0.2) is 53.4 Å². The van der Waals surface area contributed by atoms with E-state index in [4.69, 9.17) is 20.9 Å². The fraction of sp³-hybridized carbons (Fsp3) is 0.0769. The number of halogens is 1. The zero-order valence-corrected chi connectivity index (χ0v) is 11.4. The van der Waals surface area contributed by atoms with Gasteiger partial charge in [-0.1, -0.05) is 23.7 Å². The number of hydrogen-bond donors (Lipinski definition) is 1. The third kappa shape index (κ3) is 3.96. The molecule has 100 valence electrons. The maximum atomic E-state index is 10.9. The van der Waals surface area contributed by atoms with E-state index in [0.29, 0.717) is 17.4 Å². The highest BCUT2D eigenvalue weighted by atomic mass is 35.5. The van der Waals surface area contributed by atoms with Crippen LogP contribution in [0.1, 0.15) is 5.56 Å². The molecule has 0 atom stereocenters. The Labute approximate surface area is 116 Å². The molecule has 2 rings (SSSR count). The molecule has 0 fully saturated rings. The fourth-order valence-electron chi connectivity index (χ4n) is 1.50. The van der Waals surface area contributed by atoms with E-state index in [1.54, 1.807) is 12.1 Å². The third-order valence-electron chi connectivity index (χ3n) is 2.42. The minimum Gasteiger partial charge on any atom is -0.489 e. The predicted molar refractivity (Wildman–Crippen MR) is 72.0 cm³/mol. The van der Waals surface area contributed by atoms with Gasteiger partial charge in [0.25, 0.3) is 10.1 Å². The lowest BCUT2D eigenvalue weighted by Gasteiger charge is -2.07. The molecule has 0 aliphatic heterocycles. The van der Waals surface area contributed by atoms with Crippen LogP contribution in [-0.2, 0) is 16.7 Å². The third-order valence-corrected chi connectivity index (χ3v) is 3.52. The first-order valence-corrected chi connectivity index (χ1v) is 7.22. The normalized spacial score (nSPS) is 11.3. The van der Waals surface area contributed by atoms with Gasteiger partial charge in [0.1, 0.15) is 12.4 Å². The lowest BCUT2D eigenvalue weighted by Crippen LogP contribution is -1.99. The molecule has 0 heterocycles. The molecule has 6 heteroatoms. The maximum Gasteiger partial charge on any atom is 0.294 e. The molecule has 4 nitrogen and oxygen atoms in total.